The van der Waals surface area contributed by atoms with Gasteiger partial charge in [-0.25, -0.2) is 9.13 Å². The van der Waals surface area contributed by atoms with Crippen LogP contribution in [0.5, 0.6) is 0 Å². The van der Waals surface area contributed by atoms with Crippen molar-refractivity contribution >= 4 is 73.4 Å². The van der Waals surface area contributed by atoms with E-state index in [-0.39, 0.29) is 0 Å². The molecule has 2 heterocycles. The van der Waals surface area contributed by atoms with E-state index in [1.807, 2.05) is 75.4 Å². The number of rotatable bonds is 10. The summed E-state index contributed by atoms with van der Waals surface area (Å²) in [5, 5.41) is 32.7. The quantitative estimate of drug-likeness (QED) is 0.0805. The van der Waals surface area contributed by atoms with Crippen molar-refractivity contribution in [3.05, 3.63) is 60.2 Å². The van der Waals surface area contributed by atoms with Gasteiger partial charge >= 0.3 is 61.5 Å². The van der Waals surface area contributed by atoms with Crippen molar-refractivity contribution in [1.82, 2.24) is 19.6 Å². The maximum absolute atomic E-state index is 5.05. The van der Waals surface area contributed by atoms with Crippen LogP contribution in [-0.4, -0.2) is 32.7 Å². The minimum atomic E-state index is -3.36. The van der Waals surface area contributed by atoms with Crippen LogP contribution in [0.15, 0.2) is 69.5 Å². The average Bonchev–Trinajstić information content (AvgIpc) is 3.40. The molecule has 0 radical (unpaired) electrons. The Kier molecular flexibility index (Phi) is 12.6. The van der Waals surface area contributed by atoms with E-state index in [0.29, 0.717) is 11.9 Å². The molecule has 12 nitrogen and oxygen atoms in total. The van der Waals surface area contributed by atoms with Crippen LogP contribution >= 0.6 is 38.8 Å². The molecule has 17 heteroatoms. The Bertz CT molecular complexity index is 1390. The van der Waals surface area contributed by atoms with Gasteiger partial charge in [0.25, 0.3) is 0 Å². The third-order valence-corrected chi connectivity index (χ3v) is 5.91. The third-order valence-electron chi connectivity index (χ3n) is 5.91. The first kappa shape index (κ1) is 33.8. The van der Waals surface area contributed by atoms with Crippen molar-refractivity contribution < 1.29 is 19.9 Å². The van der Waals surface area contributed by atoms with Gasteiger partial charge in [0.15, 0.2) is 0 Å². The first-order valence-electron chi connectivity index (χ1n) is 13.2. The summed E-state index contributed by atoms with van der Waals surface area (Å²) in [4.78, 5) is 0. The normalized spacial score (nSPS) is 11.7. The number of hydrogen-bond donors (Lipinski definition) is 2. The molecule has 2 aromatic heterocycles. The predicted molar refractivity (Wildman–Crippen MR) is 164 cm³/mol. The van der Waals surface area contributed by atoms with E-state index >= 15 is 0 Å². The van der Waals surface area contributed by atoms with E-state index in [9.17, 15) is 0 Å². The van der Waals surface area contributed by atoms with Crippen LogP contribution in [0.4, 0.5) is 34.6 Å². The molecule has 224 valence electrons. The molecule has 0 aliphatic carbocycles. The van der Waals surface area contributed by atoms with E-state index in [1.54, 1.807) is 22.0 Å². The SMILES string of the molecule is Cc1cc(NCCCNc2ccc(N=Nc3n(C)nc[n+]3C)c(C)c2)ccc1N=Nc1n(C)nc[n+]1C.[Cl][Zn-2]([Cl])([Cl])[Cl]. The topological polar surface area (TPSA) is 117 Å². The fourth-order valence-corrected chi connectivity index (χ4v) is 3.75. The van der Waals surface area contributed by atoms with Crippen LogP contribution < -0.4 is 19.8 Å². The number of anilines is 2. The molecule has 42 heavy (non-hydrogen) atoms. The Morgan fingerprint density at radius 3 is 1.40 bits per heavy atom. The van der Waals surface area contributed by atoms with Crippen molar-refractivity contribution in [2.45, 2.75) is 20.3 Å². The molecule has 0 fully saturated rings. The predicted octanol–water partition coefficient (Wildman–Crippen LogP) is 6.92. The molecular formula is C25H34Cl4N12Zn. The van der Waals surface area contributed by atoms with Crippen molar-refractivity contribution in [3.8, 4) is 0 Å². The van der Waals surface area contributed by atoms with Crippen molar-refractivity contribution in [3.63, 3.8) is 0 Å². The Hall–Kier alpha value is -2.70. The van der Waals surface area contributed by atoms with Crippen LogP contribution in [0.1, 0.15) is 17.5 Å². The summed E-state index contributed by atoms with van der Waals surface area (Å²) in [7, 11) is 24.3. The van der Waals surface area contributed by atoms with E-state index in [2.05, 4.69) is 53.4 Å². The van der Waals surface area contributed by atoms with Gasteiger partial charge < -0.3 is 10.6 Å². The Morgan fingerprint density at radius 1 is 0.714 bits per heavy atom. The zero-order valence-electron chi connectivity index (χ0n) is 24.4. The third kappa shape index (κ3) is 10.9. The van der Waals surface area contributed by atoms with Crippen LogP contribution in [-0.2, 0) is 39.0 Å². The second-order valence-electron chi connectivity index (χ2n) is 9.55. The van der Waals surface area contributed by atoms with Crippen LogP contribution in [0, 0.1) is 13.8 Å². The molecule has 4 aromatic rings. The molecule has 0 aliphatic heterocycles. The number of hydrogen-bond acceptors (Lipinski definition) is 8. The summed E-state index contributed by atoms with van der Waals surface area (Å²) < 4.78 is 7.03. The molecular weight excluding hydrogens is 676 g/mol. The molecule has 4 rings (SSSR count). The Balaban J connectivity index is 0.000000892. The molecule has 0 bridgehead atoms. The number of nitrogens with one attached hydrogen (secondary N) is 2. The molecule has 0 spiro atoms. The second-order valence-corrected chi connectivity index (χ2v) is 37.3. The van der Waals surface area contributed by atoms with Crippen molar-refractivity contribution in [1.29, 1.82) is 0 Å². The summed E-state index contributed by atoms with van der Waals surface area (Å²) in [6.07, 6.45) is 4.38. The Morgan fingerprint density at radius 2 is 1.10 bits per heavy atom. The van der Waals surface area contributed by atoms with Gasteiger partial charge in [-0.05, 0) is 78.0 Å². The van der Waals surface area contributed by atoms with Gasteiger partial charge in [0.2, 0.25) is 12.7 Å². The number of nitrogens with zero attached hydrogens (tertiary/aromatic N) is 10. The standard InChI is InChI=1S/C25H32N12.4ClH.Zn/c1-18-14-20(8-10-22(18)30-32-24-34(3)16-28-36(24)5)26-12-7-13-27-21-9-11-23(19(2)15-21)31-33-25-35(4)17-29-37(25)6;;;;;/h8-11,14-17H,7,12-13H2,1-6H3;4*1H;/q;;;;;+2/p-2. The first-order valence-corrected chi connectivity index (χ1v) is 28.8. The van der Waals surface area contributed by atoms with Gasteiger partial charge in [-0.1, -0.05) is 10.2 Å². The molecule has 0 aliphatic rings. The number of aryl methyl sites for hydroxylation is 6. The first-order chi connectivity index (χ1) is 19.8. The number of aromatic nitrogens is 6. The fraction of sp³-hybridized carbons (Fsp3) is 0.360. The van der Waals surface area contributed by atoms with E-state index in [1.165, 1.54) is 0 Å². The number of benzene rings is 2. The molecule has 0 amide bonds. The monoisotopic (exact) mass is 706 g/mol. The molecule has 0 saturated carbocycles. The van der Waals surface area contributed by atoms with Crippen molar-refractivity contribution in [2.75, 3.05) is 23.7 Å². The zero-order chi connectivity index (χ0) is 30.9. The number of halogens is 4. The second kappa shape index (κ2) is 15.7. The minimum absolute atomic E-state index is 0.683. The van der Waals surface area contributed by atoms with Gasteiger partial charge in [0.1, 0.15) is 11.4 Å². The molecule has 0 saturated heterocycles. The van der Waals surface area contributed by atoms with Crippen LogP contribution in [0.2, 0.25) is 0 Å². The summed E-state index contributed by atoms with van der Waals surface area (Å²) in [6.45, 7) is 5.77. The average molecular weight is 710 g/mol. The zero-order valence-corrected chi connectivity index (χ0v) is 30.4. The van der Waals surface area contributed by atoms with Gasteiger partial charge in [0.05, 0.1) is 28.2 Å². The Labute approximate surface area is 264 Å². The van der Waals surface area contributed by atoms with E-state index < -0.39 is 10.8 Å². The van der Waals surface area contributed by atoms with E-state index in [4.69, 9.17) is 38.8 Å². The molecule has 2 aromatic carbocycles. The fourth-order valence-electron chi connectivity index (χ4n) is 3.75. The summed E-state index contributed by atoms with van der Waals surface area (Å²) in [6, 6.07) is 12.2. The summed E-state index contributed by atoms with van der Waals surface area (Å²) in [5.74, 6) is 1.37. The van der Waals surface area contributed by atoms with Crippen LogP contribution in [0.25, 0.3) is 0 Å². The van der Waals surface area contributed by atoms with E-state index in [0.717, 1.165) is 53.4 Å². The summed E-state index contributed by atoms with van der Waals surface area (Å²) >= 11 is 0. The van der Waals surface area contributed by atoms with Gasteiger partial charge in [-0.3, -0.25) is 0 Å². The molecule has 2 N–H and O–H groups in total. The van der Waals surface area contributed by atoms with Gasteiger partial charge in [-0.15, -0.1) is 9.36 Å². The summed E-state index contributed by atoms with van der Waals surface area (Å²) in [5.41, 5.74) is 5.91. The molecule has 0 unspecified atom stereocenters. The van der Waals surface area contributed by atoms with Gasteiger partial charge in [-0.2, -0.15) is 0 Å². The number of azo groups is 2. The molecule has 0 atom stereocenters. The van der Waals surface area contributed by atoms with Crippen molar-refractivity contribution in [2.24, 2.45) is 48.6 Å². The van der Waals surface area contributed by atoms with Crippen LogP contribution in [0.3, 0.4) is 0 Å². The maximum atomic E-state index is 5.05. The van der Waals surface area contributed by atoms with Gasteiger partial charge in [0, 0.05) is 34.7 Å².